The lowest BCUT2D eigenvalue weighted by Gasteiger charge is -2.36. The Labute approximate surface area is 127 Å². The molecule has 0 bridgehead atoms. The number of nitrogens with one attached hydrogen (secondary N) is 1. The Balaban J connectivity index is 2.12. The highest BCUT2D eigenvalue weighted by Gasteiger charge is 2.36. The fourth-order valence-electron chi connectivity index (χ4n) is 2.73. The first-order valence-electron chi connectivity index (χ1n) is 7.78. The fraction of sp³-hybridized carbons (Fsp3) is 0.733. The highest BCUT2D eigenvalue weighted by atomic mass is 32.2. The summed E-state index contributed by atoms with van der Waals surface area (Å²) in [4.78, 5) is 0. The van der Waals surface area contributed by atoms with E-state index < -0.39 is 10.0 Å². The van der Waals surface area contributed by atoms with Crippen LogP contribution in [0.4, 0.5) is 0 Å². The normalized spacial score (nSPS) is 24.3. The van der Waals surface area contributed by atoms with E-state index in [0.29, 0.717) is 24.8 Å². The Bertz CT molecular complexity index is 553. The number of nitrogens with zero attached hydrogens (tertiary/aromatic N) is 1. The molecule has 1 aliphatic heterocycles. The van der Waals surface area contributed by atoms with Gasteiger partial charge in [-0.2, -0.15) is 4.31 Å². The van der Waals surface area contributed by atoms with Crippen LogP contribution in [0, 0.1) is 5.92 Å². The van der Waals surface area contributed by atoms with Gasteiger partial charge in [0, 0.05) is 12.6 Å². The van der Waals surface area contributed by atoms with Crippen molar-refractivity contribution in [2.45, 2.75) is 57.7 Å². The molecule has 0 aliphatic carbocycles. The Morgan fingerprint density at radius 2 is 2.14 bits per heavy atom. The second-order valence-electron chi connectivity index (χ2n) is 5.87. The van der Waals surface area contributed by atoms with Gasteiger partial charge >= 0.3 is 0 Å². The van der Waals surface area contributed by atoms with Crippen LogP contribution in [0.1, 0.15) is 45.8 Å². The van der Waals surface area contributed by atoms with E-state index in [9.17, 15) is 8.42 Å². The van der Waals surface area contributed by atoms with Gasteiger partial charge in [-0.3, -0.25) is 0 Å². The van der Waals surface area contributed by atoms with E-state index in [0.717, 1.165) is 25.8 Å². The van der Waals surface area contributed by atoms with Crippen LogP contribution in [0.5, 0.6) is 0 Å². The van der Waals surface area contributed by atoms with Gasteiger partial charge in [0.05, 0.1) is 6.54 Å². The number of rotatable bonds is 6. The van der Waals surface area contributed by atoms with Crippen LogP contribution in [0.15, 0.2) is 21.6 Å². The molecule has 1 aromatic heterocycles. The second kappa shape index (κ2) is 6.94. The highest BCUT2D eigenvalue weighted by Crippen LogP contribution is 2.29. The molecule has 0 radical (unpaired) electrons. The average molecular weight is 314 g/mol. The number of sulfonamides is 1. The Morgan fingerprint density at radius 3 is 2.86 bits per heavy atom. The molecule has 2 rings (SSSR count). The molecule has 1 aromatic rings. The molecule has 120 valence electrons. The summed E-state index contributed by atoms with van der Waals surface area (Å²) in [6.07, 6.45) is 3.03. The summed E-state index contributed by atoms with van der Waals surface area (Å²) in [7, 11) is -3.52. The van der Waals surface area contributed by atoms with Crippen molar-refractivity contribution in [2.75, 3.05) is 13.1 Å². The first-order valence-corrected chi connectivity index (χ1v) is 9.22. The molecule has 1 saturated heterocycles. The Kier molecular flexibility index (Phi) is 5.46. The summed E-state index contributed by atoms with van der Waals surface area (Å²) in [5.41, 5.74) is 0. The third-order valence-corrected chi connectivity index (χ3v) is 6.10. The van der Waals surface area contributed by atoms with Crippen LogP contribution in [0.3, 0.4) is 0 Å². The fourth-order valence-corrected chi connectivity index (χ4v) is 4.43. The molecule has 0 spiro atoms. The molecule has 5 nitrogen and oxygen atoms in total. The Hall–Kier alpha value is -0.850. The standard InChI is InChI=1S/C15H26N2O3S/c1-4-9-16-11-14-7-8-15(20-14)21(18,19)17-10-5-6-12(2)13(17)3/h7-8,12-13,16H,4-6,9-11H2,1-3H3. The van der Waals surface area contributed by atoms with Gasteiger partial charge in [-0.05, 0) is 50.8 Å². The van der Waals surface area contributed by atoms with E-state index in [1.165, 1.54) is 0 Å². The van der Waals surface area contributed by atoms with E-state index in [1.807, 2.05) is 6.92 Å². The highest BCUT2D eigenvalue weighted by molar-refractivity contribution is 7.89. The molecule has 21 heavy (non-hydrogen) atoms. The number of hydrogen-bond donors (Lipinski definition) is 1. The molecule has 2 unspecified atom stereocenters. The maximum atomic E-state index is 12.7. The van der Waals surface area contributed by atoms with Gasteiger partial charge < -0.3 is 9.73 Å². The quantitative estimate of drug-likeness (QED) is 0.820. The van der Waals surface area contributed by atoms with Crippen molar-refractivity contribution in [1.29, 1.82) is 0 Å². The zero-order valence-electron chi connectivity index (χ0n) is 13.1. The van der Waals surface area contributed by atoms with Crippen LogP contribution in [0.2, 0.25) is 0 Å². The van der Waals surface area contributed by atoms with Crippen LogP contribution >= 0.6 is 0 Å². The van der Waals surface area contributed by atoms with E-state index >= 15 is 0 Å². The maximum Gasteiger partial charge on any atom is 0.276 e. The molecule has 0 amide bonds. The van der Waals surface area contributed by atoms with Gasteiger partial charge in [0.1, 0.15) is 5.76 Å². The van der Waals surface area contributed by atoms with Gasteiger partial charge in [0.25, 0.3) is 10.0 Å². The lowest BCUT2D eigenvalue weighted by atomic mass is 9.94. The van der Waals surface area contributed by atoms with Crippen molar-refractivity contribution in [1.82, 2.24) is 9.62 Å². The molecule has 0 saturated carbocycles. The smallest absolute Gasteiger partial charge is 0.276 e. The van der Waals surface area contributed by atoms with Crippen LogP contribution in [-0.4, -0.2) is 31.9 Å². The maximum absolute atomic E-state index is 12.7. The molecular weight excluding hydrogens is 288 g/mol. The minimum absolute atomic E-state index is 0.0236. The minimum Gasteiger partial charge on any atom is -0.447 e. The van der Waals surface area contributed by atoms with Gasteiger partial charge in [-0.1, -0.05) is 13.8 Å². The van der Waals surface area contributed by atoms with Crippen molar-refractivity contribution in [3.05, 3.63) is 17.9 Å². The van der Waals surface area contributed by atoms with Gasteiger partial charge in [-0.15, -0.1) is 0 Å². The molecule has 1 aliphatic rings. The van der Waals surface area contributed by atoms with E-state index in [-0.39, 0.29) is 11.1 Å². The van der Waals surface area contributed by atoms with E-state index in [4.69, 9.17) is 4.42 Å². The van der Waals surface area contributed by atoms with Crippen molar-refractivity contribution in [2.24, 2.45) is 5.92 Å². The monoisotopic (exact) mass is 314 g/mol. The molecule has 2 atom stereocenters. The van der Waals surface area contributed by atoms with Crippen molar-refractivity contribution >= 4 is 10.0 Å². The zero-order valence-corrected chi connectivity index (χ0v) is 13.9. The molecule has 2 heterocycles. The summed E-state index contributed by atoms with van der Waals surface area (Å²) in [6.45, 7) is 8.21. The van der Waals surface area contributed by atoms with Gasteiger partial charge in [0.15, 0.2) is 0 Å². The first kappa shape index (κ1) is 16.5. The molecule has 6 heteroatoms. The minimum atomic E-state index is -3.52. The molecular formula is C15H26N2O3S. The summed E-state index contributed by atoms with van der Waals surface area (Å²) in [6, 6.07) is 3.34. The topological polar surface area (TPSA) is 62.6 Å². The molecule has 1 N–H and O–H groups in total. The molecule has 1 fully saturated rings. The summed E-state index contributed by atoms with van der Waals surface area (Å²) in [5.74, 6) is 1.05. The van der Waals surface area contributed by atoms with Crippen LogP contribution < -0.4 is 5.32 Å². The van der Waals surface area contributed by atoms with Crippen LogP contribution in [0.25, 0.3) is 0 Å². The predicted molar refractivity (Wildman–Crippen MR) is 82.5 cm³/mol. The summed E-state index contributed by atoms with van der Waals surface area (Å²) in [5, 5.41) is 3.28. The predicted octanol–water partition coefficient (Wildman–Crippen LogP) is 2.59. The van der Waals surface area contributed by atoms with Gasteiger partial charge in [-0.25, -0.2) is 8.42 Å². The third-order valence-electron chi connectivity index (χ3n) is 4.24. The average Bonchev–Trinajstić information content (AvgIpc) is 2.91. The molecule has 0 aromatic carbocycles. The second-order valence-corrected chi connectivity index (χ2v) is 7.69. The zero-order chi connectivity index (χ0) is 15.5. The van der Waals surface area contributed by atoms with Crippen molar-refractivity contribution < 1.29 is 12.8 Å². The van der Waals surface area contributed by atoms with Crippen LogP contribution in [-0.2, 0) is 16.6 Å². The lowest BCUT2D eigenvalue weighted by molar-refractivity contribution is 0.198. The summed E-state index contributed by atoms with van der Waals surface area (Å²) < 4.78 is 32.5. The largest absolute Gasteiger partial charge is 0.447 e. The first-order chi connectivity index (χ1) is 9.96. The number of hydrogen-bond acceptors (Lipinski definition) is 4. The Morgan fingerprint density at radius 1 is 1.38 bits per heavy atom. The summed E-state index contributed by atoms with van der Waals surface area (Å²) >= 11 is 0. The third kappa shape index (κ3) is 3.67. The van der Waals surface area contributed by atoms with E-state index in [2.05, 4.69) is 19.2 Å². The number of piperidine rings is 1. The van der Waals surface area contributed by atoms with Gasteiger partial charge in [0.2, 0.25) is 5.09 Å². The SMILES string of the molecule is CCCNCc1ccc(S(=O)(=O)N2CCCC(C)C2C)o1. The van der Waals surface area contributed by atoms with Crippen molar-refractivity contribution in [3.8, 4) is 0 Å². The number of furan rings is 1. The van der Waals surface area contributed by atoms with Crippen molar-refractivity contribution in [3.63, 3.8) is 0 Å². The lowest BCUT2D eigenvalue weighted by Crippen LogP contribution is -2.45. The van der Waals surface area contributed by atoms with E-state index in [1.54, 1.807) is 16.4 Å².